The molecule has 0 heterocycles. The summed E-state index contributed by atoms with van der Waals surface area (Å²) in [5.41, 5.74) is 0. The molecule has 106 valence electrons. The highest BCUT2D eigenvalue weighted by molar-refractivity contribution is 5.69. The molecule has 0 amide bonds. The SMILES string of the molecule is CCCC/C=C/CCCCCC(=O)OCCCC. The quantitative estimate of drug-likeness (QED) is 0.277. The van der Waals surface area contributed by atoms with E-state index in [1.807, 2.05) is 0 Å². The van der Waals surface area contributed by atoms with Gasteiger partial charge in [-0.05, 0) is 32.1 Å². The maximum atomic E-state index is 11.3. The average molecular weight is 254 g/mol. The lowest BCUT2D eigenvalue weighted by Gasteiger charge is -2.03. The van der Waals surface area contributed by atoms with Gasteiger partial charge in [-0.25, -0.2) is 0 Å². The molecule has 2 nitrogen and oxygen atoms in total. The Kier molecular flexibility index (Phi) is 13.6. The Morgan fingerprint density at radius 3 is 2.22 bits per heavy atom. The van der Waals surface area contributed by atoms with Crippen LogP contribution in [0.3, 0.4) is 0 Å². The minimum atomic E-state index is -0.0260. The van der Waals surface area contributed by atoms with Crippen molar-refractivity contribution >= 4 is 5.97 Å². The summed E-state index contributed by atoms with van der Waals surface area (Å²) in [6, 6.07) is 0. The number of allylic oxidation sites excluding steroid dienone is 2. The zero-order valence-corrected chi connectivity index (χ0v) is 12.2. The third kappa shape index (κ3) is 13.3. The molecule has 0 aromatic rings. The molecule has 0 saturated heterocycles. The number of unbranched alkanes of at least 4 members (excludes halogenated alkanes) is 6. The van der Waals surface area contributed by atoms with E-state index in [1.54, 1.807) is 0 Å². The normalized spacial score (nSPS) is 11.0. The van der Waals surface area contributed by atoms with E-state index in [4.69, 9.17) is 4.74 Å². The van der Waals surface area contributed by atoms with E-state index in [0.29, 0.717) is 13.0 Å². The topological polar surface area (TPSA) is 26.3 Å². The molecule has 0 N–H and O–H groups in total. The third-order valence-corrected chi connectivity index (χ3v) is 2.90. The molecule has 2 heteroatoms. The van der Waals surface area contributed by atoms with Crippen molar-refractivity contribution < 1.29 is 9.53 Å². The number of esters is 1. The molecule has 0 rings (SSSR count). The lowest BCUT2D eigenvalue weighted by Crippen LogP contribution is -2.05. The molecule has 18 heavy (non-hydrogen) atoms. The summed E-state index contributed by atoms with van der Waals surface area (Å²) in [6.07, 6.45) is 15.4. The largest absolute Gasteiger partial charge is 0.466 e. The maximum Gasteiger partial charge on any atom is 0.305 e. The van der Waals surface area contributed by atoms with E-state index in [0.717, 1.165) is 32.1 Å². The molecular formula is C16H30O2. The highest BCUT2D eigenvalue weighted by Crippen LogP contribution is 2.06. The highest BCUT2D eigenvalue weighted by Gasteiger charge is 2.01. The van der Waals surface area contributed by atoms with Crippen molar-refractivity contribution in [3.63, 3.8) is 0 Å². The van der Waals surface area contributed by atoms with E-state index in [9.17, 15) is 4.79 Å². The van der Waals surface area contributed by atoms with Gasteiger partial charge in [0.15, 0.2) is 0 Å². The molecule has 0 aromatic carbocycles. The van der Waals surface area contributed by atoms with Crippen molar-refractivity contribution in [3.8, 4) is 0 Å². The number of hydrogen-bond donors (Lipinski definition) is 0. The van der Waals surface area contributed by atoms with Gasteiger partial charge in [0.05, 0.1) is 6.61 Å². The zero-order valence-electron chi connectivity index (χ0n) is 12.2. The minimum absolute atomic E-state index is 0.0260. The van der Waals surface area contributed by atoms with Gasteiger partial charge in [-0.2, -0.15) is 0 Å². The molecule has 0 bridgehead atoms. The minimum Gasteiger partial charge on any atom is -0.466 e. The van der Waals surface area contributed by atoms with Crippen LogP contribution in [0.5, 0.6) is 0 Å². The number of carbonyl (C=O) groups is 1. The van der Waals surface area contributed by atoms with Crippen molar-refractivity contribution in [3.05, 3.63) is 12.2 Å². The van der Waals surface area contributed by atoms with Crippen LogP contribution in [0.1, 0.15) is 78.1 Å². The predicted molar refractivity (Wildman–Crippen MR) is 77.6 cm³/mol. The van der Waals surface area contributed by atoms with Crippen LogP contribution in [-0.2, 0) is 9.53 Å². The number of carbonyl (C=O) groups excluding carboxylic acids is 1. The molecule has 0 aliphatic rings. The fourth-order valence-electron chi connectivity index (χ4n) is 1.67. The van der Waals surface area contributed by atoms with Gasteiger partial charge < -0.3 is 4.74 Å². The summed E-state index contributed by atoms with van der Waals surface area (Å²) in [6.45, 7) is 4.91. The second-order valence-electron chi connectivity index (χ2n) is 4.79. The monoisotopic (exact) mass is 254 g/mol. The maximum absolute atomic E-state index is 11.3. The zero-order chi connectivity index (χ0) is 13.5. The first-order valence-electron chi connectivity index (χ1n) is 7.61. The molecule has 0 saturated carbocycles. The van der Waals surface area contributed by atoms with Crippen molar-refractivity contribution in [2.75, 3.05) is 6.61 Å². The Labute approximate surface area is 113 Å². The van der Waals surface area contributed by atoms with Crippen molar-refractivity contribution in [2.24, 2.45) is 0 Å². The fraction of sp³-hybridized carbons (Fsp3) is 0.812. The molecule has 0 radical (unpaired) electrons. The Balaban J connectivity index is 3.19. The first kappa shape index (κ1) is 17.2. The van der Waals surface area contributed by atoms with Gasteiger partial charge in [-0.1, -0.05) is 51.7 Å². The lowest BCUT2D eigenvalue weighted by molar-refractivity contribution is -0.143. The molecule has 0 spiro atoms. The van der Waals surface area contributed by atoms with Gasteiger partial charge >= 0.3 is 5.97 Å². The molecule has 0 aliphatic heterocycles. The van der Waals surface area contributed by atoms with Crippen LogP contribution in [0.4, 0.5) is 0 Å². The summed E-state index contributed by atoms with van der Waals surface area (Å²) in [4.78, 5) is 11.3. The van der Waals surface area contributed by atoms with Crippen molar-refractivity contribution in [1.82, 2.24) is 0 Å². The van der Waals surface area contributed by atoms with Crippen molar-refractivity contribution in [1.29, 1.82) is 0 Å². The van der Waals surface area contributed by atoms with Crippen LogP contribution in [0, 0.1) is 0 Å². The highest BCUT2D eigenvalue weighted by atomic mass is 16.5. The average Bonchev–Trinajstić information content (AvgIpc) is 2.37. The van der Waals surface area contributed by atoms with Crippen LogP contribution >= 0.6 is 0 Å². The molecule has 0 unspecified atom stereocenters. The summed E-state index contributed by atoms with van der Waals surface area (Å²) in [5, 5.41) is 0. The van der Waals surface area contributed by atoms with Gasteiger partial charge in [0, 0.05) is 6.42 Å². The number of ether oxygens (including phenoxy) is 1. The summed E-state index contributed by atoms with van der Waals surface area (Å²) in [5.74, 6) is -0.0260. The fourth-order valence-corrected chi connectivity index (χ4v) is 1.67. The van der Waals surface area contributed by atoms with Crippen molar-refractivity contribution in [2.45, 2.75) is 78.1 Å². The van der Waals surface area contributed by atoms with Crippen LogP contribution in [0.2, 0.25) is 0 Å². The predicted octanol–water partition coefficient (Wildman–Crippen LogP) is 5.03. The van der Waals surface area contributed by atoms with Crippen LogP contribution in [0.15, 0.2) is 12.2 Å². The molecule has 0 aromatic heterocycles. The Hall–Kier alpha value is -0.790. The first-order chi connectivity index (χ1) is 8.81. The molecular weight excluding hydrogens is 224 g/mol. The van der Waals surface area contributed by atoms with Crippen LogP contribution in [0.25, 0.3) is 0 Å². The van der Waals surface area contributed by atoms with Gasteiger partial charge in [0.2, 0.25) is 0 Å². The Morgan fingerprint density at radius 2 is 1.56 bits per heavy atom. The molecule has 0 atom stereocenters. The third-order valence-electron chi connectivity index (χ3n) is 2.90. The van der Waals surface area contributed by atoms with Gasteiger partial charge in [-0.15, -0.1) is 0 Å². The van der Waals surface area contributed by atoms with E-state index in [-0.39, 0.29) is 5.97 Å². The second kappa shape index (κ2) is 14.3. The van der Waals surface area contributed by atoms with Gasteiger partial charge in [0.1, 0.15) is 0 Å². The Bertz CT molecular complexity index is 209. The van der Waals surface area contributed by atoms with Gasteiger partial charge in [-0.3, -0.25) is 4.79 Å². The first-order valence-corrected chi connectivity index (χ1v) is 7.61. The standard InChI is InChI=1S/C16H30O2/c1-3-5-7-8-9-10-11-12-13-14-16(17)18-15-6-4-2/h8-9H,3-7,10-15H2,1-2H3/b9-8+. The number of rotatable bonds is 12. The summed E-state index contributed by atoms with van der Waals surface area (Å²) < 4.78 is 5.10. The molecule has 0 aliphatic carbocycles. The molecule has 0 fully saturated rings. The van der Waals surface area contributed by atoms with E-state index in [2.05, 4.69) is 26.0 Å². The van der Waals surface area contributed by atoms with E-state index < -0.39 is 0 Å². The summed E-state index contributed by atoms with van der Waals surface area (Å²) >= 11 is 0. The van der Waals surface area contributed by atoms with Gasteiger partial charge in [0.25, 0.3) is 0 Å². The van der Waals surface area contributed by atoms with E-state index >= 15 is 0 Å². The Morgan fingerprint density at radius 1 is 0.889 bits per heavy atom. The van der Waals surface area contributed by atoms with E-state index in [1.165, 1.54) is 25.7 Å². The lowest BCUT2D eigenvalue weighted by atomic mass is 10.1. The number of hydrogen-bond acceptors (Lipinski definition) is 2. The smallest absolute Gasteiger partial charge is 0.305 e. The van der Waals surface area contributed by atoms with Crippen LogP contribution < -0.4 is 0 Å². The summed E-state index contributed by atoms with van der Waals surface area (Å²) in [7, 11) is 0. The van der Waals surface area contributed by atoms with Crippen LogP contribution in [-0.4, -0.2) is 12.6 Å². The second-order valence-corrected chi connectivity index (χ2v) is 4.79.